The second-order valence-corrected chi connectivity index (χ2v) is 6.56. The summed E-state index contributed by atoms with van der Waals surface area (Å²) >= 11 is 0. The second-order valence-electron chi connectivity index (χ2n) is 6.56. The Morgan fingerprint density at radius 1 is 1.24 bits per heavy atom. The molecule has 0 aromatic carbocycles. The molecule has 2 fully saturated rings. The third-order valence-electron chi connectivity index (χ3n) is 4.82. The topological polar surface area (TPSA) is 43.7 Å². The highest BCUT2D eigenvalue weighted by molar-refractivity contribution is 4.91. The van der Waals surface area contributed by atoms with Gasteiger partial charge in [0.05, 0.1) is 12.7 Å². The van der Waals surface area contributed by atoms with Gasteiger partial charge in [0.1, 0.15) is 0 Å². The number of aliphatic hydroxyl groups is 2. The Bertz CT molecular complexity index is 255. The average Bonchev–Trinajstić information content (AvgIpc) is 2.72. The van der Waals surface area contributed by atoms with E-state index in [0.29, 0.717) is 12.0 Å². The van der Waals surface area contributed by atoms with Gasteiger partial charge in [-0.1, -0.05) is 20.3 Å². The van der Waals surface area contributed by atoms with Gasteiger partial charge in [0.25, 0.3) is 0 Å². The minimum absolute atomic E-state index is 0.0668. The first-order chi connectivity index (χ1) is 8.04. The van der Waals surface area contributed by atoms with Crippen molar-refractivity contribution >= 4 is 0 Å². The Hall–Kier alpha value is -0.120. The lowest BCUT2D eigenvalue weighted by Gasteiger charge is -2.42. The average molecular weight is 241 g/mol. The molecule has 1 aliphatic heterocycles. The summed E-state index contributed by atoms with van der Waals surface area (Å²) in [5.41, 5.74) is 0.0668. The van der Waals surface area contributed by atoms with Gasteiger partial charge in [-0.3, -0.25) is 4.90 Å². The molecule has 3 unspecified atom stereocenters. The van der Waals surface area contributed by atoms with E-state index in [2.05, 4.69) is 18.7 Å². The molecule has 1 saturated carbocycles. The molecule has 2 aliphatic rings. The fourth-order valence-corrected chi connectivity index (χ4v) is 3.60. The summed E-state index contributed by atoms with van der Waals surface area (Å²) < 4.78 is 0. The van der Waals surface area contributed by atoms with Crippen molar-refractivity contribution in [2.45, 2.75) is 58.1 Å². The third kappa shape index (κ3) is 2.83. The quantitative estimate of drug-likeness (QED) is 0.789. The molecule has 100 valence electrons. The number of hydrogen-bond acceptors (Lipinski definition) is 3. The fraction of sp³-hybridized carbons (Fsp3) is 1.00. The van der Waals surface area contributed by atoms with E-state index in [-0.39, 0.29) is 18.1 Å². The SMILES string of the molecule is CC1(C)CCCC(CN2CCCC2CO)C1O. The van der Waals surface area contributed by atoms with Crippen molar-refractivity contribution in [3.63, 3.8) is 0 Å². The molecule has 1 heterocycles. The summed E-state index contributed by atoms with van der Waals surface area (Å²) in [5, 5.41) is 19.8. The summed E-state index contributed by atoms with van der Waals surface area (Å²) in [5.74, 6) is 0.394. The van der Waals surface area contributed by atoms with Crippen LogP contribution < -0.4 is 0 Å². The second kappa shape index (κ2) is 5.25. The molecule has 2 rings (SSSR count). The van der Waals surface area contributed by atoms with Crippen LogP contribution in [-0.4, -0.2) is 47.0 Å². The molecule has 3 atom stereocenters. The van der Waals surface area contributed by atoms with E-state index in [0.717, 1.165) is 32.4 Å². The van der Waals surface area contributed by atoms with Gasteiger partial charge < -0.3 is 10.2 Å². The number of rotatable bonds is 3. The van der Waals surface area contributed by atoms with Crippen LogP contribution >= 0.6 is 0 Å². The number of hydrogen-bond donors (Lipinski definition) is 2. The predicted octanol–water partition coefficient (Wildman–Crippen LogP) is 1.63. The Labute approximate surface area is 105 Å². The smallest absolute Gasteiger partial charge is 0.0631 e. The highest BCUT2D eigenvalue weighted by Gasteiger charge is 2.39. The first-order valence-electron chi connectivity index (χ1n) is 7.07. The van der Waals surface area contributed by atoms with Gasteiger partial charge in [0.2, 0.25) is 0 Å². The monoisotopic (exact) mass is 241 g/mol. The molecule has 1 saturated heterocycles. The molecular weight excluding hydrogens is 214 g/mol. The molecule has 17 heavy (non-hydrogen) atoms. The molecule has 3 heteroatoms. The van der Waals surface area contributed by atoms with Crippen molar-refractivity contribution in [3.8, 4) is 0 Å². The van der Waals surface area contributed by atoms with E-state index in [1.807, 2.05) is 0 Å². The third-order valence-corrected chi connectivity index (χ3v) is 4.82. The minimum Gasteiger partial charge on any atom is -0.395 e. The van der Waals surface area contributed by atoms with Gasteiger partial charge in [-0.15, -0.1) is 0 Å². The summed E-state index contributed by atoms with van der Waals surface area (Å²) in [4.78, 5) is 2.38. The number of nitrogens with zero attached hydrogens (tertiary/aromatic N) is 1. The fourth-order valence-electron chi connectivity index (χ4n) is 3.60. The van der Waals surface area contributed by atoms with Crippen LogP contribution in [0.4, 0.5) is 0 Å². The first-order valence-corrected chi connectivity index (χ1v) is 7.07. The zero-order chi connectivity index (χ0) is 12.5. The van der Waals surface area contributed by atoms with Crippen molar-refractivity contribution in [2.75, 3.05) is 19.7 Å². The van der Waals surface area contributed by atoms with Crippen LogP contribution in [0, 0.1) is 11.3 Å². The van der Waals surface area contributed by atoms with Crippen molar-refractivity contribution in [1.82, 2.24) is 4.90 Å². The van der Waals surface area contributed by atoms with Crippen LogP contribution in [0.5, 0.6) is 0 Å². The number of aliphatic hydroxyl groups excluding tert-OH is 2. The summed E-state index contributed by atoms with van der Waals surface area (Å²) in [6.45, 7) is 6.69. The van der Waals surface area contributed by atoms with Crippen LogP contribution in [-0.2, 0) is 0 Å². The van der Waals surface area contributed by atoms with Gasteiger partial charge in [0.15, 0.2) is 0 Å². The van der Waals surface area contributed by atoms with E-state index in [9.17, 15) is 10.2 Å². The highest BCUT2D eigenvalue weighted by Crippen LogP contribution is 2.39. The molecule has 2 N–H and O–H groups in total. The van der Waals surface area contributed by atoms with Crippen LogP contribution in [0.15, 0.2) is 0 Å². The zero-order valence-corrected chi connectivity index (χ0v) is 11.2. The Morgan fingerprint density at radius 3 is 2.71 bits per heavy atom. The van der Waals surface area contributed by atoms with Crippen LogP contribution in [0.25, 0.3) is 0 Å². The molecule has 0 bridgehead atoms. The summed E-state index contributed by atoms with van der Waals surface area (Å²) in [6.07, 6.45) is 5.62. The van der Waals surface area contributed by atoms with Gasteiger partial charge in [-0.05, 0) is 43.6 Å². The molecule has 0 aromatic rings. The van der Waals surface area contributed by atoms with Crippen molar-refractivity contribution in [1.29, 1.82) is 0 Å². The molecule has 1 aliphatic carbocycles. The molecule has 0 amide bonds. The molecule has 0 aromatic heterocycles. The van der Waals surface area contributed by atoms with Gasteiger partial charge in [-0.2, -0.15) is 0 Å². The normalized spacial score (nSPS) is 38.5. The maximum atomic E-state index is 10.4. The molecule has 0 spiro atoms. The summed E-state index contributed by atoms with van der Waals surface area (Å²) in [6, 6.07) is 0.340. The molecular formula is C14H27NO2. The Kier molecular flexibility index (Phi) is 4.11. The lowest BCUT2D eigenvalue weighted by atomic mass is 9.69. The van der Waals surface area contributed by atoms with Gasteiger partial charge >= 0.3 is 0 Å². The Morgan fingerprint density at radius 2 is 2.00 bits per heavy atom. The zero-order valence-electron chi connectivity index (χ0n) is 11.2. The van der Waals surface area contributed by atoms with E-state index in [1.165, 1.54) is 12.8 Å². The van der Waals surface area contributed by atoms with E-state index in [1.54, 1.807) is 0 Å². The van der Waals surface area contributed by atoms with Crippen LogP contribution in [0.1, 0.15) is 46.0 Å². The van der Waals surface area contributed by atoms with Crippen LogP contribution in [0.3, 0.4) is 0 Å². The van der Waals surface area contributed by atoms with Crippen molar-refractivity contribution in [3.05, 3.63) is 0 Å². The maximum Gasteiger partial charge on any atom is 0.0631 e. The first kappa shape index (κ1) is 13.3. The van der Waals surface area contributed by atoms with Crippen LogP contribution in [0.2, 0.25) is 0 Å². The highest BCUT2D eigenvalue weighted by atomic mass is 16.3. The lowest BCUT2D eigenvalue weighted by molar-refractivity contribution is -0.0456. The standard InChI is InChI=1S/C14H27NO2/c1-14(2)7-3-5-11(13(14)17)9-15-8-4-6-12(15)10-16/h11-13,16-17H,3-10H2,1-2H3. The van der Waals surface area contributed by atoms with Gasteiger partial charge in [0, 0.05) is 12.6 Å². The van der Waals surface area contributed by atoms with Gasteiger partial charge in [-0.25, -0.2) is 0 Å². The van der Waals surface area contributed by atoms with Crippen molar-refractivity contribution < 1.29 is 10.2 Å². The van der Waals surface area contributed by atoms with E-state index < -0.39 is 0 Å². The summed E-state index contributed by atoms with van der Waals surface area (Å²) in [7, 11) is 0. The maximum absolute atomic E-state index is 10.4. The molecule has 3 nitrogen and oxygen atoms in total. The lowest BCUT2D eigenvalue weighted by Crippen LogP contribution is -2.46. The van der Waals surface area contributed by atoms with E-state index in [4.69, 9.17) is 0 Å². The minimum atomic E-state index is -0.184. The predicted molar refractivity (Wildman–Crippen MR) is 68.8 cm³/mol. The Balaban J connectivity index is 1.94. The largest absolute Gasteiger partial charge is 0.395 e. The number of likely N-dealkylation sites (tertiary alicyclic amines) is 1. The van der Waals surface area contributed by atoms with E-state index >= 15 is 0 Å². The van der Waals surface area contributed by atoms with Crippen molar-refractivity contribution in [2.24, 2.45) is 11.3 Å². The molecule has 0 radical (unpaired) electrons.